The van der Waals surface area contributed by atoms with Gasteiger partial charge in [0.1, 0.15) is 17.3 Å². The van der Waals surface area contributed by atoms with Gasteiger partial charge in [0.05, 0.1) is 29.5 Å². The van der Waals surface area contributed by atoms with Crippen molar-refractivity contribution in [1.29, 1.82) is 10.7 Å². The SMILES string of the molecule is CC.CNc1cc(C(C)(C)C)ccc1C(=N)c1cnc2c(n1)c(C(=O)N[C@H](C)C(=O)N1CC(C#N)C1)cn2SF. The lowest BCUT2D eigenvalue weighted by Crippen LogP contribution is -2.55. The van der Waals surface area contributed by atoms with Crippen molar-refractivity contribution >= 4 is 46.7 Å². The van der Waals surface area contributed by atoms with Gasteiger partial charge in [-0.25, -0.2) is 13.9 Å². The molecule has 0 spiro atoms. The molecule has 0 unspecified atom stereocenters. The van der Waals surface area contributed by atoms with Crippen LogP contribution in [0, 0.1) is 22.7 Å². The summed E-state index contributed by atoms with van der Waals surface area (Å²) < 4.78 is 14.7. The molecule has 2 amide bonds. The van der Waals surface area contributed by atoms with Crippen LogP contribution in [0.3, 0.4) is 0 Å². The Kier molecular flexibility index (Phi) is 9.52. The number of carbonyl (C=O) groups excluding carboxylic acids is 2. The second-order valence-electron chi connectivity index (χ2n) is 10.3. The van der Waals surface area contributed by atoms with Gasteiger partial charge in [-0.1, -0.05) is 46.8 Å². The minimum Gasteiger partial charge on any atom is -0.388 e. The molecule has 40 heavy (non-hydrogen) atoms. The average Bonchev–Trinajstić information content (AvgIpc) is 3.30. The van der Waals surface area contributed by atoms with E-state index in [0.717, 1.165) is 15.2 Å². The molecule has 0 saturated carbocycles. The molecule has 4 rings (SSSR count). The minimum absolute atomic E-state index is 0.0300. The van der Waals surface area contributed by atoms with Crippen molar-refractivity contribution in [3.8, 4) is 6.07 Å². The van der Waals surface area contributed by atoms with Crippen LogP contribution in [-0.2, 0) is 10.2 Å². The Labute approximate surface area is 238 Å². The standard InChI is InChI=1S/C26H29FN8O2S.C2H6/c1-14(25(37)34-11-15(9-28)12-34)32-24(36)18-13-35(38-27)23-22(18)33-20(10-31-23)21(29)17-7-6-16(26(2,3)4)8-19(17)30-5;1-2/h6-8,10,13-15,29-30H,11-12H2,1-5H3,(H,32,36);1-2H3/t14-;/m1./s1. The van der Waals surface area contributed by atoms with Crippen LogP contribution in [-0.4, -0.2) is 62.5 Å². The lowest BCUT2D eigenvalue weighted by Gasteiger charge is -2.37. The number of aromatic nitrogens is 3. The van der Waals surface area contributed by atoms with E-state index < -0.39 is 11.9 Å². The van der Waals surface area contributed by atoms with E-state index in [4.69, 9.17) is 10.7 Å². The fraction of sp³-hybridized carbons (Fsp3) is 0.429. The van der Waals surface area contributed by atoms with Crippen LogP contribution in [0.2, 0.25) is 0 Å². The quantitative estimate of drug-likeness (QED) is 0.352. The fourth-order valence-corrected chi connectivity index (χ4v) is 4.57. The van der Waals surface area contributed by atoms with E-state index in [1.54, 1.807) is 14.0 Å². The molecule has 3 N–H and O–H groups in total. The first kappa shape index (κ1) is 30.6. The van der Waals surface area contributed by atoms with Gasteiger partial charge in [0, 0.05) is 37.6 Å². The monoisotopic (exact) mass is 566 g/mol. The van der Waals surface area contributed by atoms with Crippen molar-refractivity contribution in [3.63, 3.8) is 0 Å². The zero-order valence-electron chi connectivity index (χ0n) is 23.8. The number of halogens is 1. The predicted octanol–water partition coefficient (Wildman–Crippen LogP) is 4.69. The molecule has 1 aliphatic rings. The van der Waals surface area contributed by atoms with Crippen LogP contribution in [0.5, 0.6) is 0 Å². The van der Waals surface area contributed by atoms with Crippen molar-refractivity contribution < 1.29 is 13.5 Å². The Hall–Kier alpha value is -3.98. The fourth-order valence-electron chi connectivity index (χ4n) is 4.23. The molecule has 0 radical (unpaired) electrons. The molecular weight excluding hydrogens is 531 g/mol. The van der Waals surface area contributed by atoms with E-state index >= 15 is 0 Å². The first-order chi connectivity index (χ1) is 19.0. The van der Waals surface area contributed by atoms with Gasteiger partial charge in [-0.3, -0.25) is 15.0 Å². The lowest BCUT2D eigenvalue weighted by atomic mass is 9.85. The molecule has 212 valence electrons. The molecule has 1 aromatic carbocycles. The molecule has 1 aliphatic heterocycles. The largest absolute Gasteiger partial charge is 0.388 e. The molecule has 1 saturated heterocycles. The van der Waals surface area contributed by atoms with Crippen LogP contribution in [0.25, 0.3) is 11.2 Å². The third-order valence-electron chi connectivity index (χ3n) is 6.56. The highest BCUT2D eigenvalue weighted by Crippen LogP contribution is 2.29. The van der Waals surface area contributed by atoms with E-state index in [2.05, 4.69) is 47.4 Å². The summed E-state index contributed by atoms with van der Waals surface area (Å²) in [7, 11) is 1.78. The summed E-state index contributed by atoms with van der Waals surface area (Å²) in [4.78, 5) is 36.0. The topological polar surface area (TPSA) is 140 Å². The van der Waals surface area contributed by atoms with Gasteiger partial charge in [0.25, 0.3) is 5.91 Å². The van der Waals surface area contributed by atoms with Crippen LogP contribution in [0.15, 0.2) is 30.6 Å². The van der Waals surface area contributed by atoms with Gasteiger partial charge in [0.15, 0.2) is 18.0 Å². The molecule has 2 aromatic heterocycles. The Balaban J connectivity index is 0.00000216. The number of amides is 2. The smallest absolute Gasteiger partial charge is 0.255 e. The predicted molar refractivity (Wildman–Crippen MR) is 156 cm³/mol. The highest BCUT2D eigenvalue weighted by molar-refractivity contribution is 7.92. The van der Waals surface area contributed by atoms with Gasteiger partial charge >= 0.3 is 0 Å². The first-order valence-corrected chi connectivity index (χ1v) is 13.7. The Morgan fingerprint density at radius 2 is 1.93 bits per heavy atom. The van der Waals surface area contributed by atoms with Crippen molar-refractivity contribution in [2.24, 2.45) is 5.92 Å². The van der Waals surface area contributed by atoms with Crippen molar-refractivity contribution in [3.05, 3.63) is 53.0 Å². The van der Waals surface area contributed by atoms with Crippen LogP contribution in [0.4, 0.5) is 9.57 Å². The number of benzene rings is 1. The Morgan fingerprint density at radius 1 is 1.25 bits per heavy atom. The zero-order chi connectivity index (χ0) is 29.8. The normalized spacial score (nSPS) is 13.9. The number of fused-ring (bicyclic) bond motifs is 1. The van der Waals surface area contributed by atoms with Crippen LogP contribution in [0.1, 0.15) is 68.7 Å². The van der Waals surface area contributed by atoms with Crippen molar-refractivity contribution in [2.75, 3.05) is 25.5 Å². The van der Waals surface area contributed by atoms with Gasteiger partial charge in [-0.2, -0.15) is 5.26 Å². The minimum atomic E-state index is -0.854. The second kappa shape index (κ2) is 12.5. The van der Waals surface area contributed by atoms with Crippen LogP contribution < -0.4 is 10.6 Å². The van der Waals surface area contributed by atoms with Gasteiger partial charge < -0.3 is 15.5 Å². The first-order valence-electron chi connectivity index (χ1n) is 13.1. The van der Waals surface area contributed by atoms with Crippen molar-refractivity contribution in [1.82, 2.24) is 24.2 Å². The van der Waals surface area contributed by atoms with E-state index in [1.165, 1.54) is 17.3 Å². The molecule has 1 atom stereocenters. The van der Waals surface area contributed by atoms with E-state index in [-0.39, 0.29) is 57.7 Å². The maximum atomic E-state index is 13.7. The lowest BCUT2D eigenvalue weighted by molar-refractivity contribution is -0.137. The molecule has 10 nitrogen and oxygen atoms in total. The molecule has 0 bridgehead atoms. The molecule has 3 aromatic rings. The van der Waals surface area contributed by atoms with E-state index in [1.807, 2.05) is 32.0 Å². The summed E-state index contributed by atoms with van der Waals surface area (Å²) in [5.41, 5.74) is 2.93. The third-order valence-corrected chi connectivity index (χ3v) is 6.98. The summed E-state index contributed by atoms with van der Waals surface area (Å²) in [5, 5.41) is 23.5. The summed E-state index contributed by atoms with van der Waals surface area (Å²) >= 11 is -0.133. The highest BCUT2D eigenvalue weighted by Gasteiger charge is 2.34. The van der Waals surface area contributed by atoms with Gasteiger partial charge in [-0.15, -0.1) is 3.89 Å². The van der Waals surface area contributed by atoms with E-state index in [9.17, 15) is 13.5 Å². The number of hydrogen-bond donors (Lipinski definition) is 3. The number of nitrogens with one attached hydrogen (secondary N) is 3. The molecular formula is C28H35FN8O2S. The summed E-state index contributed by atoms with van der Waals surface area (Å²) in [5.74, 6) is -1.12. The van der Waals surface area contributed by atoms with Crippen LogP contribution >= 0.6 is 12.3 Å². The zero-order valence-corrected chi connectivity index (χ0v) is 24.6. The second-order valence-corrected chi connectivity index (χ2v) is 10.8. The number of carbonyl (C=O) groups is 2. The van der Waals surface area contributed by atoms with E-state index in [0.29, 0.717) is 18.7 Å². The summed E-state index contributed by atoms with van der Waals surface area (Å²) in [6, 6.07) is 7.04. The molecule has 3 heterocycles. The molecule has 12 heteroatoms. The molecule has 1 fully saturated rings. The maximum Gasteiger partial charge on any atom is 0.255 e. The highest BCUT2D eigenvalue weighted by atomic mass is 32.2. The van der Waals surface area contributed by atoms with Gasteiger partial charge in [0.2, 0.25) is 5.91 Å². The number of nitriles is 1. The van der Waals surface area contributed by atoms with Crippen molar-refractivity contribution in [2.45, 2.75) is 53.0 Å². The maximum absolute atomic E-state index is 13.7. The summed E-state index contributed by atoms with van der Waals surface area (Å²) in [6.45, 7) is 12.5. The number of anilines is 1. The average molecular weight is 567 g/mol. The third kappa shape index (κ3) is 6.09. The summed E-state index contributed by atoms with van der Waals surface area (Å²) in [6.07, 6.45) is 2.64. The molecule has 0 aliphatic carbocycles. The number of likely N-dealkylation sites (tertiary alicyclic amines) is 1. The number of hydrogen-bond acceptors (Lipinski definition) is 8. The number of rotatable bonds is 7. The van der Waals surface area contributed by atoms with Gasteiger partial charge in [-0.05, 0) is 24.0 Å². The number of nitrogens with zero attached hydrogens (tertiary/aromatic N) is 5. The Bertz CT molecular complexity index is 1470. The Morgan fingerprint density at radius 3 is 2.50 bits per heavy atom.